The fourth-order valence-electron chi connectivity index (χ4n) is 3.68. The summed E-state index contributed by atoms with van der Waals surface area (Å²) >= 11 is 1.56. The molecule has 1 heterocycles. The second-order valence-corrected chi connectivity index (χ2v) is 9.94. The number of imidazole rings is 1. The summed E-state index contributed by atoms with van der Waals surface area (Å²) in [7, 11) is 0. The molecule has 3 nitrogen and oxygen atoms in total. The number of carbonyl (C=O) groups excluding carboxylic acids is 1. The van der Waals surface area contributed by atoms with Crippen LogP contribution in [-0.4, -0.2) is 20.6 Å². The highest BCUT2D eigenvalue weighted by molar-refractivity contribution is 8.00. The predicted octanol–water partition coefficient (Wildman–Crippen LogP) is 7.23. The van der Waals surface area contributed by atoms with Crippen LogP contribution in [-0.2, 0) is 0 Å². The third-order valence-corrected chi connectivity index (χ3v) is 6.43. The van der Waals surface area contributed by atoms with Gasteiger partial charge in [0.05, 0.1) is 16.3 Å². The van der Waals surface area contributed by atoms with Crippen molar-refractivity contribution in [2.45, 2.75) is 76.8 Å². The minimum absolute atomic E-state index is 0.177. The molecule has 3 rings (SSSR count). The lowest BCUT2D eigenvalue weighted by Gasteiger charge is -2.19. The maximum Gasteiger partial charge on any atom is 0.176 e. The van der Waals surface area contributed by atoms with Crippen molar-refractivity contribution in [1.29, 1.82) is 0 Å². The van der Waals surface area contributed by atoms with Crippen molar-refractivity contribution in [2.75, 3.05) is 0 Å². The number of thioether (sulfide) groups is 1. The van der Waals surface area contributed by atoms with Crippen LogP contribution >= 0.6 is 11.8 Å². The van der Waals surface area contributed by atoms with Crippen molar-refractivity contribution >= 4 is 28.6 Å². The Balaban J connectivity index is 1.94. The van der Waals surface area contributed by atoms with Crippen LogP contribution in [0.5, 0.6) is 0 Å². The minimum atomic E-state index is -0.202. The number of hydrogen-bond acceptors (Lipinski definition) is 3. The van der Waals surface area contributed by atoms with E-state index in [0.717, 1.165) is 27.3 Å². The molecule has 0 aliphatic carbocycles. The molecule has 29 heavy (non-hydrogen) atoms. The topological polar surface area (TPSA) is 34.9 Å². The summed E-state index contributed by atoms with van der Waals surface area (Å²) in [4.78, 5) is 18.2. The van der Waals surface area contributed by atoms with Crippen LogP contribution < -0.4 is 0 Å². The second-order valence-electron chi connectivity index (χ2n) is 8.63. The van der Waals surface area contributed by atoms with Crippen molar-refractivity contribution in [2.24, 2.45) is 0 Å². The maximum atomic E-state index is 13.4. The summed E-state index contributed by atoms with van der Waals surface area (Å²) in [6.07, 6.45) is 0. The summed E-state index contributed by atoms with van der Waals surface area (Å²) < 4.78 is 2.23. The molecular weight excluding hydrogens is 376 g/mol. The predicted molar refractivity (Wildman–Crippen MR) is 124 cm³/mol. The smallest absolute Gasteiger partial charge is 0.176 e. The normalized spacial score (nSPS) is 13.0. The van der Waals surface area contributed by atoms with Crippen LogP contribution in [0.1, 0.15) is 87.8 Å². The van der Waals surface area contributed by atoms with Gasteiger partial charge in [-0.2, -0.15) is 0 Å². The number of para-hydroxylation sites is 2. The summed E-state index contributed by atoms with van der Waals surface area (Å²) in [6.45, 7) is 15.0. The van der Waals surface area contributed by atoms with Gasteiger partial charge in [-0.1, -0.05) is 69.8 Å². The number of rotatable bonds is 7. The van der Waals surface area contributed by atoms with Gasteiger partial charge in [-0.3, -0.25) is 4.79 Å². The number of aromatic nitrogens is 2. The zero-order chi connectivity index (χ0) is 21.3. The van der Waals surface area contributed by atoms with Gasteiger partial charge < -0.3 is 4.57 Å². The first-order valence-electron chi connectivity index (χ1n) is 10.5. The van der Waals surface area contributed by atoms with Gasteiger partial charge in [-0.05, 0) is 55.9 Å². The van der Waals surface area contributed by atoms with Gasteiger partial charge in [-0.15, -0.1) is 0 Å². The van der Waals surface area contributed by atoms with Crippen LogP contribution in [0, 0.1) is 0 Å². The molecular formula is C25H32N2OS. The minimum Gasteiger partial charge on any atom is -0.316 e. The van der Waals surface area contributed by atoms with Crippen LogP contribution in [0.2, 0.25) is 0 Å². The Kier molecular flexibility index (Phi) is 6.52. The SMILES string of the molecule is CC(C)c1ccc(C(=O)[C@@H](C)Sc2nc3ccccc3n2C(C)C)c(C(C)C)c1. The van der Waals surface area contributed by atoms with E-state index in [1.807, 2.05) is 31.2 Å². The van der Waals surface area contributed by atoms with Crippen molar-refractivity contribution in [3.8, 4) is 0 Å². The van der Waals surface area contributed by atoms with E-state index in [4.69, 9.17) is 4.98 Å². The molecule has 0 saturated carbocycles. The summed E-state index contributed by atoms with van der Waals surface area (Å²) in [5.41, 5.74) is 5.37. The summed E-state index contributed by atoms with van der Waals surface area (Å²) in [5.74, 6) is 0.941. The Bertz CT molecular complexity index is 1020. The Morgan fingerprint density at radius 2 is 1.62 bits per heavy atom. The number of hydrogen-bond donors (Lipinski definition) is 0. The molecule has 0 saturated heterocycles. The molecule has 4 heteroatoms. The Morgan fingerprint density at radius 1 is 0.931 bits per heavy atom. The number of benzene rings is 2. The molecule has 0 radical (unpaired) electrons. The molecule has 1 atom stereocenters. The maximum absolute atomic E-state index is 13.4. The highest BCUT2D eigenvalue weighted by Gasteiger charge is 2.24. The Labute approximate surface area is 178 Å². The lowest BCUT2D eigenvalue weighted by Crippen LogP contribution is -2.17. The molecule has 2 aromatic carbocycles. The lowest BCUT2D eigenvalue weighted by atomic mass is 9.89. The first-order chi connectivity index (χ1) is 13.7. The highest BCUT2D eigenvalue weighted by Crippen LogP contribution is 2.33. The van der Waals surface area contributed by atoms with Crippen molar-refractivity contribution in [3.63, 3.8) is 0 Å². The summed E-state index contributed by atoms with van der Waals surface area (Å²) in [5, 5.41) is 0.707. The standard InChI is InChI=1S/C25H32N2OS/c1-15(2)19-12-13-20(21(14-19)16(3)4)24(28)18(7)29-25-26-22-10-8-9-11-23(22)27(25)17(5)6/h8-18H,1-7H3/t18-/m1/s1. The van der Waals surface area contributed by atoms with Crippen LogP contribution in [0.3, 0.4) is 0 Å². The average Bonchev–Trinajstić information content (AvgIpc) is 3.04. The van der Waals surface area contributed by atoms with E-state index in [1.165, 1.54) is 5.56 Å². The molecule has 3 aromatic rings. The molecule has 0 bridgehead atoms. The molecule has 1 aromatic heterocycles. The molecule has 0 amide bonds. The number of carbonyl (C=O) groups is 1. The van der Waals surface area contributed by atoms with E-state index >= 15 is 0 Å². The van der Waals surface area contributed by atoms with E-state index in [1.54, 1.807) is 11.8 Å². The second kappa shape index (κ2) is 8.74. The van der Waals surface area contributed by atoms with Gasteiger partial charge in [0.2, 0.25) is 0 Å². The number of Topliss-reactive ketones (excluding diaryl/α,β-unsaturated/α-hetero) is 1. The van der Waals surface area contributed by atoms with E-state index in [-0.39, 0.29) is 17.1 Å². The third kappa shape index (κ3) is 4.42. The van der Waals surface area contributed by atoms with E-state index in [2.05, 4.69) is 64.3 Å². The fourth-order valence-corrected chi connectivity index (χ4v) is 4.80. The molecule has 154 valence electrons. The van der Waals surface area contributed by atoms with E-state index in [9.17, 15) is 4.79 Å². The van der Waals surface area contributed by atoms with Crippen LogP contribution in [0.25, 0.3) is 11.0 Å². The zero-order valence-electron chi connectivity index (χ0n) is 18.6. The zero-order valence-corrected chi connectivity index (χ0v) is 19.4. The largest absolute Gasteiger partial charge is 0.316 e. The van der Waals surface area contributed by atoms with Crippen LogP contribution in [0.4, 0.5) is 0 Å². The number of nitrogens with zero attached hydrogens (tertiary/aromatic N) is 2. The molecule has 0 spiro atoms. The van der Waals surface area contributed by atoms with Gasteiger partial charge >= 0.3 is 0 Å². The van der Waals surface area contributed by atoms with Gasteiger partial charge in [0, 0.05) is 11.6 Å². The molecule has 0 unspecified atom stereocenters. The van der Waals surface area contributed by atoms with Crippen molar-refractivity contribution in [3.05, 3.63) is 59.2 Å². The Hall–Kier alpha value is -2.07. The van der Waals surface area contributed by atoms with E-state index in [0.29, 0.717) is 11.8 Å². The first-order valence-corrected chi connectivity index (χ1v) is 11.4. The third-order valence-electron chi connectivity index (χ3n) is 5.36. The van der Waals surface area contributed by atoms with Crippen molar-refractivity contribution < 1.29 is 4.79 Å². The number of fused-ring (bicyclic) bond motifs is 1. The van der Waals surface area contributed by atoms with Gasteiger partial charge in [0.1, 0.15) is 0 Å². The van der Waals surface area contributed by atoms with Crippen molar-refractivity contribution in [1.82, 2.24) is 9.55 Å². The monoisotopic (exact) mass is 408 g/mol. The fraction of sp³-hybridized carbons (Fsp3) is 0.440. The van der Waals surface area contributed by atoms with Gasteiger partial charge in [0.15, 0.2) is 10.9 Å². The molecule has 0 aliphatic rings. The summed E-state index contributed by atoms with van der Waals surface area (Å²) in [6, 6.07) is 14.8. The quantitative estimate of drug-likeness (QED) is 0.305. The van der Waals surface area contributed by atoms with Crippen LogP contribution in [0.15, 0.2) is 47.6 Å². The molecule has 0 N–H and O–H groups in total. The Morgan fingerprint density at radius 3 is 2.24 bits per heavy atom. The lowest BCUT2D eigenvalue weighted by molar-refractivity contribution is 0.0992. The molecule has 0 fully saturated rings. The average molecular weight is 409 g/mol. The molecule has 0 aliphatic heterocycles. The highest BCUT2D eigenvalue weighted by atomic mass is 32.2. The first kappa shape index (κ1) is 21.6. The van der Waals surface area contributed by atoms with Gasteiger partial charge in [0.25, 0.3) is 0 Å². The van der Waals surface area contributed by atoms with E-state index < -0.39 is 0 Å². The van der Waals surface area contributed by atoms with Gasteiger partial charge in [-0.25, -0.2) is 4.98 Å². The number of ketones is 1.